The number of methoxy groups -OCH3 is 1. The van der Waals surface area contributed by atoms with Crippen LogP contribution in [0, 0.1) is 5.82 Å². The van der Waals surface area contributed by atoms with Gasteiger partial charge in [-0.1, -0.05) is 36.4 Å². The second-order valence-electron chi connectivity index (χ2n) is 9.60. The van der Waals surface area contributed by atoms with E-state index in [1.165, 1.54) is 29.2 Å². The average molecular weight is 509 g/mol. The van der Waals surface area contributed by atoms with Crippen molar-refractivity contribution < 1.29 is 28.6 Å². The number of carbonyl (C=O) groups is 2. The van der Waals surface area contributed by atoms with Gasteiger partial charge in [0.1, 0.15) is 12.4 Å². The third-order valence-corrected chi connectivity index (χ3v) is 5.85. The quantitative estimate of drug-likeness (QED) is 0.373. The van der Waals surface area contributed by atoms with Gasteiger partial charge < -0.3 is 24.4 Å². The van der Waals surface area contributed by atoms with E-state index < -0.39 is 17.4 Å². The number of rotatable bonds is 10. The highest BCUT2D eigenvalue weighted by Crippen LogP contribution is 2.29. The Bertz CT molecular complexity index is 1190. The van der Waals surface area contributed by atoms with Crippen molar-refractivity contribution in [3.63, 3.8) is 0 Å². The second-order valence-corrected chi connectivity index (χ2v) is 9.60. The molecular formula is C29H33FN2O5. The van der Waals surface area contributed by atoms with Crippen LogP contribution in [0.2, 0.25) is 0 Å². The zero-order chi connectivity index (χ0) is 27.0. The maximum absolute atomic E-state index is 13.4. The Labute approximate surface area is 217 Å². The first-order valence-corrected chi connectivity index (χ1v) is 12.0. The van der Waals surface area contributed by atoms with E-state index in [-0.39, 0.29) is 25.5 Å². The molecule has 196 valence electrons. The Hall–Kier alpha value is -4.07. The van der Waals surface area contributed by atoms with Crippen LogP contribution in [-0.4, -0.2) is 52.6 Å². The number of benzene rings is 3. The van der Waals surface area contributed by atoms with Gasteiger partial charge in [-0.2, -0.15) is 0 Å². The molecule has 3 aromatic carbocycles. The predicted molar refractivity (Wildman–Crippen MR) is 139 cm³/mol. The summed E-state index contributed by atoms with van der Waals surface area (Å²) < 4.78 is 24.9. The molecule has 3 aromatic rings. The average Bonchev–Trinajstić information content (AvgIpc) is 2.87. The van der Waals surface area contributed by atoms with Crippen molar-refractivity contribution in [3.8, 4) is 11.5 Å². The summed E-state index contributed by atoms with van der Waals surface area (Å²) in [6.07, 6.45) is -1.07. The molecule has 0 atom stereocenters. The van der Waals surface area contributed by atoms with Crippen LogP contribution in [0.5, 0.6) is 11.5 Å². The number of ether oxygens (including phenoxy) is 2. The molecule has 37 heavy (non-hydrogen) atoms. The first-order chi connectivity index (χ1) is 17.6. The second kappa shape index (κ2) is 12.3. The van der Waals surface area contributed by atoms with Gasteiger partial charge in [-0.3, -0.25) is 4.79 Å². The highest BCUT2D eigenvalue weighted by molar-refractivity contribution is 5.94. The molecule has 0 aliphatic heterocycles. The minimum Gasteiger partial charge on any atom is -0.493 e. The highest BCUT2D eigenvalue weighted by Gasteiger charge is 2.27. The fraction of sp³-hybridized carbons (Fsp3) is 0.310. The molecule has 2 amide bonds. The maximum atomic E-state index is 13.4. The van der Waals surface area contributed by atoms with Crippen molar-refractivity contribution in [2.45, 2.75) is 39.5 Å². The zero-order valence-corrected chi connectivity index (χ0v) is 21.6. The van der Waals surface area contributed by atoms with Crippen LogP contribution in [0.4, 0.5) is 9.18 Å². The lowest BCUT2D eigenvalue weighted by Crippen LogP contribution is -2.49. The fourth-order valence-electron chi connectivity index (χ4n) is 3.85. The lowest BCUT2D eigenvalue weighted by Gasteiger charge is -2.35. The van der Waals surface area contributed by atoms with E-state index in [0.29, 0.717) is 23.7 Å². The zero-order valence-electron chi connectivity index (χ0n) is 21.6. The molecule has 0 unspecified atom stereocenters. The molecule has 3 rings (SSSR count). The topological polar surface area (TPSA) is 79.3 Å². The summed E-state index contributed by atoms with van der Waals surface area (Å²) >= 11 is 0. The number of halogens is 1. The van der Waals surface area contributed by atoms with Gasteiger partial charge in [0.25, 0.3) is 5.91 Å². The molecule has 0 aliphatic rings. The summed E-state index contributed by atoms with van der Waals surface area (Å²) in [6.45, 7) is 6.23. The molecule has 0 aromatic heterocycles. The first-order valence-electron chi connectivity index (χ1n) is 12.0. The molecule has 0 spiro atoms. The molecule has 0 heterocycles. The minimum absolute atomic E-state index is 0.112. The highest BCUT2D eigenvalue weighted by atomic mass is 19.1. The van der Waals surface area contributed by atoms with Crippen LogP contribution in [0.15, 0.2) is 72.8 Å². The first kappa shape index (κ1) is 27.5. The number of nitrogens with zero attached hydrogens (tertiary/aromatic N) is 2. The normalized spacial score (nSPS) is 11.1. The molecule has 0 radical (unpaired) electrons. The summed E-state index contributed by atoms with van der Waals surface area (Å²) in [5.41, 5.74) is 1.47. The Morgan fingerprint density at radius 2 is 1.57 bits per heavy atom. The monoisotopic (exact) mass is 508 g/mol. The predicted octanol–water partition coefficient (Wildman–Crippen LogP) is 5.83. The number of hydrogen-bond acceptors (Lipinski definition) is 4. The van der Waals surface area contributed by atoms with Crippen LogP contribution >= 0.6 is 0 Å². The van der Waals surface area contributed by atoms with E-state index in [1.807, 2.05) is 36.4 Å². The molecule has 8 heteroatoms. The summed E-state index contributed by atoms with van der Waals surface area (Å²) in [5.74, 6) is 0.312. The third-order valence-electron chi connectivity index (χ3n) is 5.85. The van der Waals surface area contributed by atoms with Crippen LogP contribution in [-0.2, 0) is 13.2 Å². The van der Waals surface area contributed by atoms with Gasteiger partial charge in [0.2, 0.25) is 0 Å². The molecule has 0 saturated carbocycles. The largest absolute Gasteiger partial charge is 0.493 e. The smallest absolute Gasteiger partial charge is 0.407 e. The number of carboxylic acid groups (broad SMARTS) is 1. The summed E-state index contributed by atoms with van der Waals surface area (Å²) in [5, 5.41) is 9.68. The van der Waals surface area contributed by atoms with Crippen molar-refractivity contribution in [2.75, 3.05) is 20.2 Å². The molecule has 0 aliphatic carbocycles. The van der Waals surface area contributed by atoms with Crippen LogP contribution in [0.1, 0.15) is 42.3 Å². The van der Waals surface area contributed by atoms with Gasteiger partial charge >= 0.3 is 6.09 Å². The molecule has 0 fully saturated rings. The number of carbonyl (C=O) groups excluding carboxylic acids is 1. The third kappa shape index (κ3) is 7.70. The van der Waals surface area contributed by atoms with Gasteiger partial charge in [0.15, 0.2) is 11.5 Å². The van der Waals surface area contributed by atoms with Crippen molar-refractivity contribution in [1.29, 1.82) is 0 Å². The van der Waals surface area contributed by atoms with Crippen molar-refractivity contribution >= 4 is 12.0 Å². The van der Waals surface area contributed by atoms with Gasteiger partial charge in [-0.15, -0.1) is 0 Å². The van der Waals surface area contributed by atoms with E-state index in [1.54, 1.807) is 44.9 Å². The van der Waals surface area contributed by atoms with Crippen molar-refractivity contribution in [2.24, 2.45) is 0 Å². The Morgan fingerprint density at radius 1 is 0.892 bits per heavy atom. The van der Waals surface area contributed by atoms with E-state index in [0.717, 1.165) is 11.1 Å². The van der Waals surface area contributed by atoms with E-state index in [2.05, 4.69) is 0 Å². The lowest BCUT2D eigenvalue weighted by molar-refractivity contribution is 0.0650. The van der Waals surface area contributed by atoms with Gasteiger partial charge in [-0.25, -0.2) is 9.18 Å². The standard InChI is InChI=1S/C29H33FN2O5/c1-29(2,3)32(28(34)35)17-16-31(27(33)23-11-13-24(30)14-12-23)19-22-10-15-25(26(18-22)36-4)37-20-21-8-6-5-7-9-21/h5-15,18H,16-17,19-20H2,1-4H3,(H,34,35). The van der Waals surface area contributed by atoms with Crippen LogP contribution in [0.3, 0.4) is 0 Å². The molecule has 0 bridgehead atoms. The number of amides is 2. The fourth-order valence-corrected chi connectivity index (χ4v) is 3.85. The van der Waals surface area contributed by atoms with Crippen LogP contribution in [0.25, 0.3) is 0 Å². The summed E-state index contributed by atoms with van der Waals surface area (Å²) in [4.78, 5) is 28.0. The Morgan fingerprint density at radius 3 is 2.16 bits per heavy atom. The molecule has 1 N–H and O–H groups in total. The summed E-state index contributed by atoms with van der Waals surface area (Å²) in [6, 6.07) is 20.5. The van der Waals surface area contributed by atoms with Crippen molar-refractivity contribution in [1.82, 2.24) is 9.80 Å². The van der Waals surface area contributed by atoms with Crippen molar-refractivity contribution in [3.05, 3.63) is 95.3 Å². The Kier molecular flexibility index (Phi) is 9.11. The molecular weight excluding hydrogens is 475 g/mol. The van der Waals surface area contributed by atoms with Gasteiger partial charge in [-0.05, 0) is 68.3 Å². The SMILES string of the molecule is COc1cc(CN(CCN(C(=O)O)C(C)(C)C)C(=O)c2ccc(F)cc2)ccc1OCc1ccccc1. The number of hydrogen-bond donors (Lipinski definition) is 1. The summed E-state index contributed by atoms with van der Waals surface area (Å²) in [7, 11) is 1.55. The van der Waals surface area contributed by atoms with E-state index >= 15 is 0 Å². The van der Waals surface area contributed by atoms with Gasteiger partial charge in [0, 0.05) is 30.7 Å². The van der Waals surface area contributed by atoms with Crippen LogP contribution < -0.4 is 9.47 Å². The lowest BCUT2D eigenvalue weighted by atomic mass is 10.1. The molecule has 7 nitrogen and oxygen atoms in total. The maximum Gasteiger partial charge on any atom is 0.407 e. The molecule has 0 saturated heterocycles. The van der Waals surface area contributed by atoms with Gasteiger partial charge in [0.05, 0.1) is 7.11 Å². The van der Waals surface area contributed by atoms with E-state index in [9.17, 15) is 19.1 Å². The minimum atomic E-state index is -1.07. The Balaban J connectivity index is 1.82. The van der Waals surface area contributed by atoms with E-state index in [4.69, 9.17) is 9.47 Å².